The van der Waals surface area contributed by atoms with Gasteiger partial charge >= 0.3 is 5.97 Å². The molecule has 0 aliphatic carbocycles. The summed E-state index contributed by atoms with van der Waals surface area (Å²) in [4.78, 5) is 10.9. The van der Waals surface area contributed by atoms with Crippen molar-refractivity contribution in [3.05, 3.63) is 35.5 Å². The summed E-state index contributed by atoms with van der Waals surface area (Å²) in [5.74, 6) is -0.871. The van der Waals surface area contributed by atoms with E-state index in [2.05, 4.69) is 24.6 Å². The molecule has 1 aromatic carbocycles. The molecule has 3 heteroatoms. The van der Waals surface area contributed by atoms with Crippen LogP contribution in [0, 0.1) is 6.92 Å². The van der Waals surface area contributed by atoms with Gasteiger partial charge in [0, 0.05) is 23.6 Å². The normalized spacial score (nSPS) is 10.9. The molecule has 3 nitrogen and oxygen atoms in total. The molecule has 0 saturated heterocycles. The lowest BCUT2D eigenvalue weighted by molar-refractivity contribution is 0.0697. The maximum atomic E-state index is 10.9. The smallest absolute Gasteiger partial charge is 0.335 e. The molecule has 0 aliphatic heterocycles. The zero-order chi connectivity index (χ0) is 11.7. The van der Waals surface area contributed by atoms with Crippen molar-refractivity contribution in [2.75, 3.05) is 0 Å². The second-order valence-electron chi connectivity index (χ2n) is 4.04. The molecule has 0 bridgehead atoms. The highest BCUT2D eigenvalue weighted by Gasteiger charge is 2.08. The first-order chi connectivity index (χ1) is 7.63. The molecule has 1 aromatic heterocycles. The Morgan fingerprint density at radius 1 is 1.44 bits per heavy atom. The third-order valence-electron chi connectivity index (χ3n) is 2.79. The van der Waals surface area contributed by atoms with Crippen molar-refractivity contribution in [3.63, 3.8) is 0 Å². The molecule has 1 heterocycles. The summed E-state index contributed by atoms with van der Waals surface area (Å²) >= 11 is 0. The number of nitrogens with zero attached hydrogens (tertiary/aromatic N) is 1. The van der Waals surface area contributed by atoms with E-state index in [1.54, 1.807) is 12.1 Å². The van der Waals surface area contributed by atoms with Crippen molar-refractivity contribution in [2.45, 2.75) is 26.8 Å². The van der Waals surface area contributed by atoms with Gasteiger partial charge in [-0.15, -0.1) is 0 Å². The number of carboxylic acid groups (broad SMARTS) is 1. The quantitative estimate of drug-likeness (QED) is 0.858. The van der Waals surface area contributed by atoms with Crippen LogP contribution in [0.15, 0.2) is 24.4 Å². The molecule has 0 aliphatic rings. The monoisotopic (exact) mass is 217 g/mol. The average molecular weight is 217 g/mol. The predicted molar refractivity (Wildman–Crippen MR) is 63.9 cm³/mol. The maximum absolute atomic E-state index is 10.9. The van der Waals surface area contributed by atoms with Crippen LogP contribution in [-0.4, -0.2) is 15.6 Å². The molecule has 0 atom stereocenters. The highest BCUT2D eigenvalue weighted by molar-refractivity contribution is 5.94. The number of rotatable bonds is 3. The summed E-state index contributed by atoms with van der Waals surface area (Å²) in [6, 6.07) is 5.30. The van der Waals surface area contributed by atoms with E-state index in [1.807, 2.05) is 6.07 Å². The summed E-state index contributed by atoms with van der Waals surface area (Å²) < 4.78 is 2.12. The molecule has 0 spiro atoms. The molecule has 0 fully saturated rings. The lowest BCUT2D eigenvalue weighted by Gasteiger charge is -2.03. The highest BCUT2D eigenvalue weighted by Crippen LogP contribution is 2.22. The zero-order valence-corrected chi connectivity index (χ0v) is 9.53. The van der Waals surface area contributed by atoms with Crippen LogP contribution < -0.4 is 0 Å². The zero-order valence-electron chi connectivity index (χ0n) is 9.53. The number of carboxylic acids is 1. The molecule has 84 valence electrons. The van der Waals surface area contributed by atoms with Crippen molar-refractivity contribution >= 4 is 16.9 Å². The van der Waals surface area contributed by atoms with Crippen molar-refractivity contribution < 1.29 is 9.90 Å². The van der Waals surface area contributed by atoms with E-state index >= 15 is 0 Å². The van der Waals surface area contributed by atoms with Crippen LogP contribution in [0.4, 0.5) is 0 Å². The van der Waals surface area contributed by atoms with E-state index in [-0.39, 0.29) is 0 Å². The number of hydrogen-bond donors (Lipinski definition) is 1. The van der Waals surface area contributed by atoms with E-state index in [0.717, 1.165) is 23.9 Å². The minimum Gasteiger partial charge on any atom is -0.478 e. The van der Waals surface area contributed by atoms with Gasteiger partial charge in [0.05, 0.1) is 5.56 Å². The minimum absolute atomic E-state index is 0.350. The van der Waals surface area contributed by atoms with E-state index < -0.39 is 5.97 Å². The van der Waals surface area contributed by atoms with E-state index in [1.165, 1.54) is 5.56 Å². The summed E-state index contributed by atoms with van der Waals surface area (Å²) in [7, 11) is 0. The fraction of sp³-hybridized carbons (Fsp3) is 0.308. The Hall–Kier alpha value is -1.77. The Morgan fingerprint density at radius 2 is 2.19 bits per heavy atom. The largest absolute Gasteiger partial charge is 0.478 e. The molecule has 16 heavy (non-hydrogen) atoms. The standard InChI is InChI=1S/C13H15NO2/c1-3-6-14-8-9(2)11-5-4-10(13(15)16)7-12(11)14/h4-5,7-8H,3,6H2,1-2H3,(H,15,16). The number of aryl methyl sites for hydroxylation is 2. The Bertz CT molecular complexity index is 540. The van der Waals surface area contributed by atoms with Gasteiger partial charge in [-0.1, -0.05) is 13.0 Å². The predicted octanol–water partition coefficient (Wildman–Crippen LogP) is 3.06. The number of fused-ring (bicyclic) bond motifs is 1. The van der Waals surface area contributed by atoms with Crippen LogP contribution in [0.3, 0.4) is 0 Å². The van der Waals surface area contributed by atoms with Gasteiger partial charge in [0.2, 0.25) is 0 Å². The molecular formula is C13H15NO2. The van der Waals surface area contributed by atoms with Crippen molar-refractivity contribution in [1.82, 2.24) is 4.57 Å². The molecule has 2 rings (SSSR count). The Kier molecular flexibility index (Phi) is 2.69. The molecule has 0 radical (unpaired) electrons. The van der Waals surface area contributed by atoms with Gasteiger partial charge in [-0.3, -0.25) is 0 Å². The third kappa shape index (κ3) is 1.69. The van der Waals surface area contributed by atoms with E-state index in [9.17, 15) is 4.79 Å². The summed E-state index contributed by atoms with van der Waals surface area (Å²) in [6.07, 6.45) is 3.13. The van der Waals surface area contributed by atoms with Gasteiger partial charge in [0.25, 0.3) is 0 Å². The summed E-state index contributed by atoms with van der Waals surface area (Å²) in [5, 5.41) is 10.1. The van der Waals surface area contributed by atoms with E-state index in [0.29, 0.717) is 5.56 Å². The number of carbonyl (C=O) groups is 1. The highest BCUT2D eigenvalue weighted by atomic mass is 16.4. The number of aromatic nitrogens is 1. The lowest BCUT2D eigenvalue weighted by atomic mass is 10.1. The molecular weight excluding hydrogens is 202 g/mol. The Morgan fingerprint density at radius 3 is 2.81 bits per heavy atom. The van der Waals surface area contributed by atoms with Gasteiger partial charge in [0.1, 0.15) is 0 Å². The molecule has 0 amide bonds. The van der Waals surface area contributed by atoms with Gasteiger partial charge in [0.15, 0.2) is 0 Å². The molecule has 0 unspecified atom stereocenters. The van der Waals surface area contributed by atoms with Crippen molar-refractivity contribution in [2.24, 2.45) is 0 Å². The van der Waals surface area contributed by atoms with Crippen LogP contribution in [0.1, 0.15) is 29.3 Å². The van der Waals surface area contributed by atoms with Crippen LogP contribution in [-0.2, 0) is 6.54 Å². The van der Waals surface area contributed by atoms with Crippen molar-refractivity contribution in [3.8, 4) is 0 Å². The van der Waals surface area contributed by atoms with Gasteiger partial charge in [-0.2, -0.15) is 0 Å². The summed E-state index contributed by atoms with van der Waals surface area (Å²) in [5.41, 5.74) is 2.56. The number of benzene rings is 1. The Labute approximate surface area is 94.3 Å². The fourth-order valence-corrected chi connectivity index (χ4v) is 2.03. The van der Waals surface area contributed by atoms with Gasteiger partial charge in [-0.25, -0.2) is 4.79 Å². The van der Waals surface area contributed by atoms with Crippen LogP contribution in [0.2, 0.25) is 0 Å². The van der Waals surface area contributed by atoms with Crippen molar-refractivity contribution in [1.29, 1.82) is 0 Å². The second kappa shape index (κ2) is 4.00. The van der Waals surface area contributed by atoms with Crippen LogP contribution >= 0.6 is 0 Å². The summed E-state index contributed by atoms with van der Waals surface area (Å²) in [6.45, 7) is 5.09. The number of aromatic carboxylic acids is 1. The average Bonchev–Trinajstić information content (AvgIpc) is 2.56. The van der Waals surface area contributed by atoms with Crippen LogP contribution in [0.5, 0.6) is 0 Å². The van der Waals surface area contributed by atoms with Crippen LogP contribution in [0.25, 0.3) is 10.9 Å². The van der Waals surface area contributed by atoms with E-state index in [4.69, 9.17) is 5.11 Å². The third-order valence-corrected chi connectivity index (χ3v) is 2.79. The molecule has 2 aromatic rings. The fourth-order valence-electron chi connectivity index (χ4n) is 2.03. The second-order valence-corrected chi connectivity index (χ2v) is 4.04. The van der Waals surface area contributed by atoms with Gasteiger partial charge in [-0.05, 0) is 31.0 Å². The first-order valence-corrected chi connectivity index (χ1v) is 5.46. The lowest BCUT2D eigenvalue weighted by Crippen LogP contribution is -1.98. The van der Waals surface area contributed by atoms with Gasteiger partial charge < -0.3 is 9.67 Å². The Balaban J connectivity index is 2.64. The SMILES string of the molecule is CCCn1cc(C)c2ccc(C(=O)O)cc21. The molecule has 1 N–H and O–H groups in total. The molecule has 0 saturated carbocycles. The minimum atomic E-state index is -0.871. The topological polar surface area (TPSA) is 42.2 Å². The first kappa shape index (κ1) is 10.7. The number of hydrogen-bond acceptors (Lipinski definition) is 1. The first-order valence-electron chi connectivity index (χ1n) is 5.46. The maximum Gasteiger partial charge on any atom is 0.335 e.